The molecule has 0 aromatic rings. The number of carbonyl (C=O) groups excluding carboxylic acids is 1. The van der Waals surface area contributed by atoms with Crippen LogP contribution in [0, 0.1) is 0 Å². The van der Waals surface area contributed by atoms with Crippen LogP contribution in [0.4, 0.5) is 0 Å². The molecule has 1 saturated heterocycles. The zero-order valence-corrected chi connectivity index (χ0v) is 10.4. The maximum Gasteiger partial charge on any atom is 0.164 e. The maximum atomic E-state index is 10.3. The average Bonchev–Trinajstić information content (AvgIpc) is 2.51. The van der Waals surface area contributed by atoms with Crippen molar-refractivity contribution in [3.05, 3.63) is 12.2 Å². The maximum absolute atomic E-state index is 10.3. The van der Waals surface area contributed by atoms with E-state index >= 15 is 0 Å². The second kappa shape index (κ2) is 6.16. The topological polar surface area (TPSA) is 35.5 Å². The van der Waals surface area contributed by atoms with Crippen LogP contribution in [0.3, 0.4) is 0 Å². The summed E-state index contributed by atoms with van der Waals surface area (Å²) in [6.07, 6.45) is 8.60. The number of unbranched alkanes of at least 4 members (excludes halogenated alkanes) is 2. The Kier molecular flexibility index (Phi) is 5.16. The predicted octanol–water partition coefficient (Wildman–Crippen LogP) is 2.84. The summed E-state index contributed by atoms with van der Waals surface area (Å²) in [7, 11) is 0. The summed E-state index contributed by atoms with van der Waals surface area (Å²) in [5, 5.41) is 0. The molecular formula is C13H22O3. The molecule has 1 aliphatic rings. The van der Waals surface area contributed by atoms with E-state index in [1.54, 1.807) is 6.08 Å². The molecule has 2 atom stereocenters. The van der Waals surface area contributed by atoms with Crippen LogP contribution in [0.2, 0.25) is 0 Å². The van der Waals surface area contributed by atoms with E-state index in [-0.39, 0.29) is 12.2 Å². The molecule has 0 radical (unpaired) electrons. The van der Waals surface area contributed by atoms with Gasteiger partial charge in [-0.25, -0.2) is 0 Å². The third kappa shape index (κ3) is 4.06. The fraction of sp³-hybridized carbons (Fsp3) is 0.769. The van der Waals surface area contributed by atoms with Crippen LogP contribution < -0.4 is 0 Å². The van der Waals surface area contributed by atoms with Gasteiger partial charge in [0.2, 0.25) is 0 Å². The molecule has 92 valence electrons. The first-order valence-corrected chi connectivity index (χ1v) is 6.06. The Morgan fingerprint density at radius 1 is 1.25 bits per heavy atom. The molecule has 3 heteroatoms. The fourth-order valence-corrected chi connectivity index (χ4v) is 2.00. The van der Waals surface area contributed by atoms with E-state index < -0.39 is 5.79 Å². The highest BCUT2D eigenvalue weighted by Gasteiger charge is 2.39. The first kappa shape index (κ1) is 13.4. The fourth-order valence-electron chi connectivity index (χ4n) is 2.00. The van der Waals surface area contributed by atoms with Crippen LogP contribution in [0.1, 0.15) is 46.5 Å². The van der Waals surface area contributed by atoms with Crippen molar-refractivity contribution in [1.29, 1.82) is 0 Å². The van der Waals surface area contributed by atoms with Gasteiger partial charge in [-0.1, -0.05) is 26.2 Å². The summed E-state index contributed by atoms with van der Waals surface area (Å²) in [6.45, 7) is 6.00. The number of carbonyl (C=O) groups is 1. The van der Waals surface area contributed by atoms with Gasteiger partial charge in [0.05, 0.1) is 6.10 Å². The molecule has 0 bridgehead atoms. The van der Waals surface area contributed by atoms with E-state index in [9.17, 15) is 4.79 Å². The molecule has 0 aromatic carbocycles. The van der Waals surface area contributed by atoms with Crippen LogP contribution in [0.15, 0.2) is 12.2 Å². The Morgan fingerprint density at radius 2 is 2.00 bits per heavy atom. The van der Waals surface area contributed by atoms with Crippen molar-refractivity contribution in [2.24, 2.45) is 0 Å². The molecule has 1 fully saturated rings. The van der Waals surface area contributed by atoms with Gasteiger partial charge in [-0.3, -0.25) is 4.79 Å². The lowest BCUT2D eigenvalue weighted by atomic mass is 10.1. The standard InChI is InChI=1S/C13H22O3/c1-4-5-6-8-11-12(9-7-10-14)16-13(2,3)15-11/h7,9-12H,4-6,8H2,1-3H3/b9-7+/t11-,12+/m0/s1. The number of aldehydes is 1. The minimum absolute atomic E-state index is 0.0812. The summed E-state index contributed by atoms with van der Waals surface area (Å²) in [4.78, 5) is 10.3. The van der Waals surface area contributed by atoms with Gasteiger partial charge in [0.15, 0.2) is 5.79 Å². The molecule has 1 aliphatic heterocycles. The largest absolute Gasteiger partial charge is 0.344 e. The Bertz CT molecular complexity index is 246. The lowest BCUT2D eigenvalue weighted by Gasteiger charge is -2.16. The van der Waals surface area contributed by atoms with Crippen molar-refractivity contribution in [3.63, 3.8) is 0 Å². The SMILES string of the molecule is CCCCC[C@@H]1OC(C)(C)O[C@@H]1/C=C/C=O. The first-order chi connectivity index (χ1) is 7.59. The summed E-state index contributed by atoms with van der Waals surface area (Å²) in [5.41, 5.74) is 0. The van der Waals surface area contributed by atoms with Crippen LogP contribution >= 0.6 is 0 Å². The average molecular weight is 226 g/mol. The lowest BCUT2D eigenvalue weighted by Crippen LogP contribution is -2.21. The predicted molar refractivity (Wildman–Crippen MR) is 63.2 cm³/mol. The van der Waals surface area contributed by atoms with Gasteiger partial charge in [0.1, 0.15) is 12.4 Å². The quantitative estimate of drug-likeness (QED) is 0.397. The number of ether oxygens (including phenoxy) is 2. The molecule has 0 spiro atoms. The van der Waals surface area contributed by atoms with Crippen LogP contribution in [-0.2, 0) is 14.3 Å². The molecule has 3 nitrogen and oxygen atoms in total. The summed E-state index contributed by atoms with van der Waals surface area (Å²) in [6, 6.07) is 0. The number of hydrogen-bond donors (Lipinski definition) is 0. The highest BCUT2D eigenvalue weighted by atomic mass is 16.7. The minimum Gasteiger partial charge on any atom is -0.344 e. The van der Waals surface area contributed by atoms with E-state index in [1.807, 2.05) is 13.8 Å². The molecule has 1 rings (SSSR count). The molecule has 0 amide bonds. The Morgan fingerprint density at radius 3 is 2.62 bits per heavy atom. The van der Waals surface area contributed by atoms with Gasteiger partial charge in [-0.05, 0) is 32.4 Å². The summed E-state index contributed by atoms with van der Waals surface area (Å²) >= 11 is 0. The third-order valence-corrected chi connectivity index (χ3v) is 2.69. The van der Waals surface area contributed by atoms with Crippen molar-refractivity contribution in [1.82, 2.24) is 0 Å². The van der Waals surface area contributed by atoms with Crippen LogP contribution in [-0.4, -0.2) is 24.3 Å². The van der Waals surface area contributed by atoms with Gasteiger partial charge in [0, 0.05) is 0 Å². The molecular weight excluding hydrogens is 204 g/mol. The van der Waals surface area contributed by atoms with Gasteiger partial charge in [0.25, 0.3) is 0 Å². The number of allylic oxidation sites excluding steroid dienone is 1. The van der Waals surface area contributed by atoms with Crippen molar-refractivity contribution >= 4 is 6.29 Å². The molecule has 0 aliphatic carbocycles. The Balaban J connectivity index is 2.50. The Hall–Kier alpha value is -0.670. The van der Waals surface area contributed by atoms with Gasteiger partial charge in [-0.15, -0.1) is 0 Å². The monoisotopic (exact) mass is 226 g/mol. The first-order valence-electron chi connectivity index (χ1n) is 6.06. The zero-order valence-electron chi connectivity index (χ0n) is 10.4. The second-order valence-corrected chi connectivity index (χ2v) is 4.66. The molecule has 1 heterocycles. The highest BCUT2D eigenvalue weighted by molar-refractivity contribution is 5.64. The Labute approximate surface area is 97.8 Å². The van der Waals surface area contributed by atoms with Crippen molar-refractivity contribution in [2.75, 3.05) is 0 Å². The molecule has 0 saturated carbocycles. The third-order valence-electron chi connectivity index (χ3n) is 2.69. The van der Waals surface area contributed by atoms with Crippen molar-refractivity contribution in [3.8, 4) is 0 Å². The number of rotatable bonds is 6. The van der Waals surface area contributed by atoms with E-state index in [1.165, 1.54) is 18.9 Å². The van der Waals surface area contributed by atoms with Crippen LogP contribution in [0.5, 0.6) is 0 Å². The molecule has 16 heavy (non-hydrogen) atoms. The molecule has 0 unspecified atom stereocenters. The van der Waals surface area contributed by atoms with Crippen molar-refractivity contribution in [2.45, 2.75) is 64.4 Å². The second-order valence-electron chi connectivity index (χ2n) is 4.66. The van der Waals surface area contributed by atoms with Crippen LogP contribution in [0.25, 0.3) is 0 Å². The number of hydrogen-bond acceptors (Lipinski definition) is 3. The van der Waals surface area contributed by atoms with E-state index in [2.05, 4.69) is 6.92 Å². The van der Waals surface area contributed by atoms with Crippen molar-refractivity contribution < 1.29 is 14.3 Å². The molecule has 0 aromatic heterocycles. The summed E-state index contributed by atoms with van der Waals surface area (Å²) in [5.74, 6) is -0.533. The van der Waals surface area contributed by atoms with Gasteiger partial charge in [-0.2, -0.15) is 0 Å². The normalized spacial score (nSPS) is 28.7. The zero-order chi connectivity index (χ0) is 12.0. The van der Waals surface area contributed by atoms with E-state index in [4.69, 9.17) is 9.47 Å². The minimum atomic E-state index is -0.533. The highest BCUT2D eigenvalue weighted by Crippen LogP contribution is 2.31. The molecule has 0 N–H and O–H groups in total. The lowest BCUT2D eigenvalue weighted by molar-refractivity contribution is -0.143. The van der Waals surface area contributed by atoms with E-state index in [0.29, 0.717) is 0 Å². The van der Waals surface area contributed by atoms with Gasteiger partial charge >= 0.3 is 0 Å². The van der Waals surface area contributed by atoms with Gasteiger partial charge < -0.3 is 9.47 Å². The smallest absolute Gasteiger partial charge is 0.164 e. The van der Waals surface area contributed by atoms with E-state index in [0.717, 1.165) is 19.1 Å². The summed E-state index contributed by atoms with van der Waals surface area (Å²) < 4.78 is 11.5.